The van der Waals surface area contributed by atoms with E-state index < -0.39 is 5.09 Å². The number of aromatic nitrogens is 2. The van der Waals surface area contributed by atoms with E-state index in [1.165, 1.54) is 0 Å². The Labute approximate surface area is 135 Å². The highest BCUT2D eigenvalue weighted by molar-refractivity contribution is 6.03. The molecule has 0 spiro atoms. The number of benzene rings is 1. The number of fused-ring (bicyclic) bond motifs is 1. The third-order valence-electron chi connectivity index (χ3n) is 2.90. The monoisotopic (exact) mass is 327 g/mol. The number of nitrogens with two attached hydrogens (primary N) is 1. The molecule has 2 aromatic heterocycles. The van der Waals surface area contributed by atoms with Crippen LogP contribution in [0.1, 0.15) is 10.5 Å². The predicted octanol–water partition coefficient (Wildman–Crippen LogP) is 1.64. The van der Waals surface area contributed by atoms with Gasteiger partial charge in [0.1, 0.15) is 5.69 Å². The van der Waals surface area contributed by atoms with Crippen LogP contribution in [0, 0.1) is 15.3 Å². The minimum atomic E-state index is -1.75. The molecular formula is C15H13N5O4. The molecule has 3 aromatic rings. The number of para-hydroxylation sites is 1. The summed E-state index contributed by atoms with van der Waals surface area (Å²) < 4.78 is 0. The smallest absolute Gasteiger partial charge is 0.330 e. The SMILES string of the molecule is Nc1cccc(NC(=O)c2ccc3ccccc3n2)[nH+]1.O=[N+]([O-])[O-]. The quantitative estimate of drug-likeness (QED) is 0.540. The number of rotatable bonds is 2. The molecule has 0 atom stereocenters. The number of carbonyl (C=O) groups is 1. The van der Waals surface area contributed by atoms with Crippen molar-refractivity contribution in [2.45, 2.75) is 0 Å². The number of aromatic amines is 1. The summed E-state index contributed by atoms with van der Waals surface area (Å²) in [5.74, 6) is 0.733. The Morgan fingerprint density at radius 1 is 1.08 bits per heavy atom. The van der Waals surface area contributed by atoms with Crippen molar-refractivity contribution in [3.8, 4) is 0 Å². The molecule has 0 radical (unpaired) electrons. The highest BCUT2D eigenvalue weighted by atomic mass is 16.9. The molecule has 0 saturated heterocycles. The molecule has 0 aliphatic carbocycles. The van der Waals surface area contributed by atoms with Crippen LogP contribution in [0.2, 0.25) is 0 Å². The van der Waals surface area contributed by atoms with Gasteiger partial charge in [0, 0.05) is 17.5 Å². The van der Waals surface area contributed by atoms with E-state index in [2.05, 4.69) is 15.3 Å². The molecule has 2 heterocycles. The van der Waals surface area contributed by atoms with E-state index in [-0.39, 0.29) is 5.91 Å². The molecule has 1 amide bonds. The summed E-state index contributed by atoms with van der Waals surface area (Å²) in [6.07, 6.45) is 0. The first-order chi connectivity index (χ1) is 11.5. The molecule has 0 unspecified atom stereocenters. The van der Waals surface area contributed by atoms with Gasteiger partial charge in [0.25, 0.3) is 0 Å². The molecule has 0 aliphatic rings. The summed E-state index contributed by atoms with van der Waals surface area (Å²) in [5.41, 5.74) is 6.77. The van der Waals surface area contributed by atoms with Crippen molar-refractivity contribution in [3.63, 3.8) is 0 Å². The molecule has 0 fully saturated rings. The first kappa shape index (κ1) is 16.6. The number of carbonyl (C=O) groups excluding carboxylic acids is 1. The van der Waals surface area contributed by atoms with Crippen LogP contribution in [0.5, 0.6) is 0 Å². The minimum Gasteiger partial charge on any atom is -0.356 e. The maximum Gasteiger partial charge on any atom is 0.330 e. The largest absolute Gasteiger partial charge is 0.356 e. The van der Waals surface area contributed by atoms with Gasteiger partial charge in [-0.2, -0.15) is 0 Å². The number of H-pyrrole nitrogens is 1. The molecule has 9 heteroatoms. The van der Waals surface area contributed by atoms with Crippen molar-refractivity contribution in [1.29, 1.82) is 0 Å². The highest BCUT2D eigenvalue weighted by Gasteiger charge is 2.12. The number of pyridine rings is 2. The number of hydrogen-bond acceptors (Lipinski definition) is 6. The summed E-state index contributed by atoms with van der Waals surface area (Å²) >= 11 is 0. The maximum absolute atomic E-state index is 12.1. The number of nitrogen functional groups attached to an aromatic ring is 1. The van der Waals surface area contributed by atoms with Gasteiger partial charge in [-0.25, -0.2) is 20.1 Å². The fraction of sp³-hybridized carbons (Fsp3) is 0. The van der Waals surface area contributed by atoms with Gasteiger partial charge in [-0.15, -0.1) is 0 Å². The number of nitrogens with zero attached hydrogens (tertiary/aromatic N) is 2. The van der Waals surface area contributed by atoms with E-state index in [1.54, 1.807) is 24.3 Å². The zero-order chi connectivity index (χ0) is 17.5. The van der Waals surface area contributed by atoms with Crippen molar-refractivity contribution in [2.75, 3.05) is 11.1 Å². The van der Waals surface area contributed by atoms with Crippen molar-refractivity contribution in [1.82, 2.24) is 4.98 Å². The summed E-state index contributed by atoms with van der Waals surface area (Å²) in [5, 5.41) is 18.5. The first-order valence-electron chi connectivity index (χ1n) is 6.72. The molecule has 0 aliphatic heterocycles. The van der Waals surface area contributed by atoms with E-state index in [9.17, 15) is 4.79 Å². The maximum atomic E-state index is 12.1. The van der Waals surface area contributed by atoms with Crippen molar-refractivity contribution in [2.24, 2.45) is 0 Å². The Morgan fingerprint density at radius 3 is 2.50 bits per heavy atom. The van der Waals surface area contributed by atoms with E-state index in [1.807, 2.05) is 30.3 Å². The number of amides is 1. The number of nitrogens with one attached hydrogen (secondary N) is 2. The van der Waals surface area contributed by atoms with Crippen LogP contribution in [0.3, 0.4) is 0 Å². The standard InChI is InChI=1S/C15H12N4O.NO3/c16-13-6-3-7-14(18-13)19-15(20)12-9-8-10-4-1-2-5-11(10)17-12;2-1(3)4/h1-9H,(H3,16,18,19,20);/q;-1/p+1. The van der Waals surface area contributed by atoms with Crippen LogP contribution >= 0.6 is 0 Å². The zero-order valence-electron chi connectivity index (χ0n) is 12.3. The van der Waals surface area contributed by atoms with Crippen LogP contribution < -0.4 is 16.0 Å². The lowest BCUT2D eigenvalue weighted by atomic mass is 10.2. The van der Waals surface area contributed by atoms with Crippen molar-refractivity contribution < 1.29 is 14.9 Å². The Balaban J connectivity index is 0.000000471. The van der Waals surface area contributed by atoms with Crippen molar-refractivity contribution >= 4 is 28.4 Å². The molecule has 1 aromatic carbocycles. The molecule has 24 heavy (non-hydrogen) atoms. The van der Waals surface area contributed by atoms with Crippen molar-refractivity contribution in [3.05, 3.63) is 75.6 Å². The molecule has 122 valence electrons. The lowest BCUT2D eigenvalue weighted by Gasteiger charge is -2.02. The minimum absolute atomic E-state index is 0.280. The second kappa shape index (κ2) is 7.49. The molecular weight excluding hydrogens is 314 g/mol. The van der Waals surface area contributed by atoms with E-state index in [0.29, 0.717) is 17.3 Å². The van der Waals surface area contributed by atoms with Crippen LogP contribution in [-0.2, 0) is 0 Å². The lowest BCUT2D eigenvalue weighted by molar-refractivity contribution is -0.402. The van der Waals surface area contributed by atoms with Gasteiger partial charge < -0.3 is 21.1 Å². The van der Waals surface area contributed by atoms with Gasteiger partial charge in [0.15, 0.2) is 0 Å². The summed E-state index contributed by atoms with van der Waals surface area (Å²) in [7, 11) is 0. The van der Waals surface area contributed by atoms with Gasteiger partial charge in [-0.1, -0.05) is 24.3 Å². The van der Waals surface area contributed by atoms with Gasteiger partial charge in [-0.3, -0.25) is 0 Å². The van der Waals surface area contributed by atoms with E-state index in [4.69, 9.17) is 21.1 Å². The average Bonchev–Trinajstić information content (AvgIpc) is 2.54. The summed E-state index contributed by atoms with van der Waals surface area (Å²) in [4.78, 5) is 27.6. The Kier molecular flexibility index (Phi) is 5.19. The van der Waals surface area contributed by atoms with Crippen LogP contribution in [0.25, 0.3) is 10.9 Å². The number of anilines is 2. The second-order valence-corrected chi connectivity index (χ2v) is 4.59. The number of hydrogen-bond donors (Lipinski definition) is 2. The topological polar surface area (TPSA) is 148 Å². The molecule has 0 saturated carbocycles. The lowest BCUT2D eigenvalue weighted by Crippen LogP contribution is -2.22. The second-order valence-electron chi connectivity index (χ2n) is 4.59. The third kappa shape index (κ3) is 4.63. The molecule has 3 rings (SSSR count). The van der Waals surface area contributed by atoms with Gasteiger partial charge in [-0.05, 0) is 18.2 Å². The normalized spacial score (nSPS) is 9.67. The third-order valence-corrected chi connectivity index (χ3v) is 2.90. The molecule has 4 N–H and O–H groups in total. The molecule has 9 nitrogen and oxygen atoms in total. The first-order valence-corrected chi connectivity index (χ1v) is 6.72. The Hall–Kier alpha value is -3.75. The van der Waals surface area contributed by atoms with Gasteiger partial charge in [0.2, 0.25) is 11.6 Å². The Bertz CT molecular complexity index is 880. The summed E-state index contributed by atoms with van der Waals surface area (Å²) in [6, 6.07) is 16.4. The van der Waals surface area contributed by atoms with E-state index >= 15 is 0 Å². The Morgan fingerprint density at radius 2 is 1.79 bits per heavy atom. The van der Waals surface area contributed by atoms with Gasteiger partial charge >= 0.3 is 5.91 Å². The highest BCUT2D eigenvalue weighted by Crippen LogP contribution is 2.12. The van der Waals surface area contributed by atoms with Crippen LogP contribution in [0.15, 0.2) is 54.6 Å². The fourth-order valence-corrected chi connectivity index (χ4v) is 1.94. The van der Waals surface area contributed by atoms with E-state index in [0.717, 1.165) is 10.9 Å². The zero-order valence-corrected chi connectivity index (χ0v) is 12.3. The van der Waals surface area contributed by atoms with Crippen LogP contribution in [0.4, 0.5) is 11.6 Å². The fourth-order valence-electron chi connectivity index (χ4n) is 1.94. The average molecular weight is 327 g/mol. The predicted molar refractivity (Wildman–Crippen MR) is 87.5 cm³/mol. The molecule has 0 bridgehead atoms. The van der Waals surface area contributed by atoms with Crippen LogP contribution in [-0.4, -0.2) is 16.0 Å². The van der Waals surface area contributed by atoms with Gasteiger partial charge in [0.05, 0.1) is 10.6 Å². The summed E-state index contributed by atoms with van der Waals surface area (Å²) in [6.45, 7) is 0.